The van der Waals surface area contributed by atoms with Crippen molar-refractivity contribution in [1.82, 2.24) is 5.32 Å². The third-order valence-electron chi connectivity index (χ3n) is 3.85. The summed E-state index contributed by atoms with van der Waals surface area (Å²) in [5.41, 5.74) is 6.68. The number of aliphatic hydroxyl groups excluding tert-OH is 1. The van der Waals surface area contributed by atoms with Gasteiger partial charge in [0.2, 0.25) is 11.8 Å². The van der Waals surface area contributed by atoms with Gasteiger partial charge in [0, 0.05) is 25.7 Å². The summed E-state index contributed by atoms with van der Waals surface area (Å²) in [7, 11) is 0. The lowest BCUT2D eigenvalue weighted by atomic mass is 10.1. The molecule has 0 fully saturated rings. The van der Waals surface area contributed by atoms with Gasteiger partial charge in [0.15, 0.2) is 0 Å². The number of hydrogen-bond acceptors (Lipinski definition) is 6. The minimum atomic E-state index is -0.669. The third kappa shape index (κ3) is 9.09. The fraction of sp³-hybridized carbons (Fsp3) is 0.333. The standard InChI is InChI=1S/C21H27N3O5/c1-15(25)24-17-4-8-19(9-5-17)28-11-10-23-13-18(26)14-29-20-6-2-16(3-7-20)12-21(22)27/h2-9,18,23,26H,10-14H2,1H3,(H2,22,27)(H,24,25). The van der Waals surface area contributed by atoms with Crippen LogP contribution >= 0.6 is 0 Å². The zero-order valence-corrected chi connectivity index (χ0v) is 16.4. The molecule has 0 heterocycles. The summed E-state index contributed by atoms with van der Waals surface area (Å²) in [6, 6.07) is 14.1. The quantitative estimate of drug-likeness (QED) is 0.395. The maximum Gasteiger partial charge on any atom is 0.221 e. The van der Waals surface area contributed by atoms with Crippen molar-refractivity contribution in [1.29, 1.82) is 0 Å². The Labute approximate surface area is 170 Å². The lowest BCUT2D eigenvalue weighted by molar-refractivity contribution is -0.117. The number of ether oxygens (including phenoxy) is 2. The molecule has 5 N–H and O–H groups in total. The van der Waals surface area contributed by atoms with Gasteiger partial charge in [-0.25, -0.2) is 0 Å². The number of anilines is 1. The summed E-state index contributed by atoms with van der Waals surface area (Å²) >= 11 is 0. The molecule has 8 heteroatoms. The van der Waals surface area contributed by atoms with Crippen molar-refractivity contribution in [3.63, 3.8) is 0 Å². The lowest BCUT2D eigenvalue weighted by Crippen LogP contribution is -2.33. The Morgan fingerprint density at radius 3 is 2.28 bits per heavy atom. The third-order valence-corrected chi connectivity index (χ3v) is 3.85. The molecule has 1 atom stereocenters. The van der Waals surface area contributed by atoms with E-state index in [2.05, 4.69) is 10.6 Å². The predicted octanol–water partition coefficient (Wildman–Crippen LogP) is 1.08. The zero-order valence-electron chi connectivity index (χ0n) is 16.4. The second-order valence-electron chi connectivity index (χ2n) is 6.51. The highest BCUT2D eigenvalue weighted by Crippen LogP contribution is 2.15. The molecule has 0 spiro atoms. The number of aliphatic hydroxyl groups is 1. The van der Waals surface area contributed by atoms with Gasteiger partial charge in [-0.05, 0) is 42.0 Å². The van der Waals surface area contributed by atoms with Crippen molar-refractivity contribution in [2.24, 2.45) is 5.73 Å². The number of primary amides is 1. The van der Waals surface area contributed by atoms with E-state index in [4.69, 9.17) is 15.2 Å². The van der Waals surface area contributed by atoms with Crippen molar-refractivity contribution in [2.75, 3.05) is 31.6 Å². The fourth-order valence-electron chi connectivity index (χ4n) is 2.50. The molecule has 1 unspecified atom stereocenters. The van der Waals surface area contributed by atoms with Crippen LogP contribution in [-0.4, -0.2) is 49.3 Å². The first kappa shape index (κ1) is 22.2. The Morgan fingerprint density at radius 1 is 1.03 bits per heavy atom. The van der Waals surface area contributed by atoms with Gasteiger partial charge in [0.25, 0.3) is 0 Å². The van der Waals surface area contributed by atoms with Crippen LogP contribution < -0.4 is 25.8 Å². The zero-order chi connectivity index (χ0) is 21.1. The van der Waals surface area contributed by atoms with Crippen LogP contribution in [0.15, 0.2) is 48.5 Å². The molecule has 8 nitrogen and oxygen atoms in total. The topological polar surface area (TPSA) is 123 Å². The van der Waals surface area contributed by atoms with E-state index in [1.807, 2.05) is 0 Å². The van der Waals surface area contributed by atoms with Crippen LogP contribution in [0, 0.1) is 0 Å². The summed E-state index contributed by atoms with van der Waals surface area (Å²) in [5.74, 6) is 0.810. The van der Waals surface area contributed by atoms with Crippen LogP contribution in [0.1, 0.15) is 12.5 Å². The number of benzene rings is 2. The highest BCUT2D eigenvalue weighted by atomic mass is 16.5. The minimum Gasteiger partial charge on any atom is -0.492 e. The monoisotopic (exact) mass is 401 g/mol. The Morgan fingerprint density at radius 2 is 1.66 bits per heavy atom. The molecular weight excluding hydrogens is 374 g/mol. The van der Waals surface area contributed by atoms with Crippen molar-refractivity contribution < 1.29 is 24.2 Å². The van der Waals surface area contributed by atoms with Gasteiger partial charge in [-0.1, -0.05) is 12.1 Å². The SMILES string of the molecule is CC(=O)Nc1ccc(OCCNCC(O)COc2ccc(CC(N)=O)cc2)cc1. The number of nitrogens with one attached hydrogen (secondary N) is 2. The molecule has 0 aliphatic carbocycles. The maximum atomic E-state index is 11.0. The largest absolute Gasteiger partial charge is 0.492 e. The van der Waals surface area contributed by atoms with Gasteiger partial charge in [0.05, 0.1) is 6.42 Å². The molecule has 0 aromatic heterocycles. The van der Waals surface area contributed by atoms with E-state index < -0.39 is 6.10 Å². The predicted molar refractivity (Wildman–Crippen MR) is 110 cm³/mol. The van der Waals surface area contributed by atoms with Gasteiger partial charge in [0.1, 0.15) is 30.8 Å². The molecule has 2 rings (SSSR count). The molecular formula is C21H27N3O5. The molecule has 0 saturated heterocycles. The highest BCUT2D eigenvalue weighted by molar-refractivity contribution is 5.88. The summed E-state index contributed by atoms with van der Waals surface area (Å²) < 4.78 is 11.1. The molecule has 0 saturated carbocycles. The van der Waals surface area contributed by atoms with Gasteiger partial charge >= 0.3 is 0 Å². The van der Waals surface area contributed by atoms with Gasteiger partial charge in [-0.15, -0.1) is 0 Å². The van der Waals surface area contributed by atoms with E-state index in [1.165, 1.54) is 6.92 Å². The second-order valence-corrected chi connectivity index (χ2v) is 6.51. The number of carbonyl (C=O) groups excluding carboxylic acids is 2. The first-order valence-corrected chi connectivity index (χ1v) is 9.31. The summed E-state index contributed by atoms with van der Waals surface area (Å²) in [5, 5.41) is 15.8. The van der Waals surface area contributed by atoms with Crippen LogP contribution in [0.5, 0.6) is 11.5 Å². The lowest BCUT2D eigenvalue weighted by Gasteiger charge is -2.14. The van der Waals surface area contributed by atoms with E-state index >= 15 is 0 Å². The number of carbonyl (C=O) groups is 2. The van der Waals surface area contributed by atoms with Crippen LogP contribution in [0.4, 0.5) is 5.69 Å². The summed E-state index contributed by atoms with van der Waals surface area (Å²) in [6.45, 7) is 2.97. The van der Waals surface area contributed by atoms with E-state index in [9.17, 15) is 14.7 Å². The van der Waals surface area contributed by atoms with E-state index in [0.717, 1.165) is 5.56 Å². The van der Waals surface area contributed by atoms with Crippen molar-refractivity contribution in [3.8, 4) is 11.5 Å². The first-order chi connectivity index (χ1) is 13.9. The minimum absolute atomic E-state index is 0.120. The van der Waals surface area contributed by atoms with Crippen LogP contribution in [-0.2, 0) is 16.0 Å². The molecule has 0 radical (unpaired) electrons. The van der Waals surface area contributed by atoms with Gasteiger partial charge in [-0.3, -0.25) is 9.59 Å². The first-order valence-electron chi connectivity index (χ1n) is 9.31. The van der Waals surface area contributed by atoms with Gasteiger partial charge < -0.3 is 30.9 Å². The molecule has 0 aliphatic heterocycles. The Hall–Kier alpha value is -3.10. The Kier molecular flexibility index (Phi) is 8.94. The van der Waals surface area contributed by atoms with E-state index in [0.29, 0.717) is 36.9 Å². The number of hydrogen-bond donors (Lipinski definition) is 4. The van der Waals surface area contributed by atoms with Crippen molar-refractivity contribution in [3.05, 3.63) is 54.1 Å². The van der Waals surface area contributed by atoms with Crippen LogP contribution in [0.2, 0.25) is 0 Å². The van der Waals surface area contributed by atoms with E-state index in [-0.39, 0.29) is 24.8 Å². The summed E-state index contributed by atoms with van der Waals surface area (Å²) in [4.78, 5) is 21.9. The van der Waals surface area contributed by atoms with Gasteiger partial charge in [-0.2, -0.15) is 0 Å². The van der Waals surface area contributed by atoms with Crippen molar-refractivity contribution >= 4 is 17.5 Å². The molecule has 156 valence electrons. The molecule has 0 bridgehead atoms. The summed E-state index contributed by atoms with van der Waals surface area (Å²) in [6.07, 6.45) is -0.480. The Balaban J connectivity index is 1.58. The highest BCUT2D eigenvalue weighted by Gasteiger charge is 2.06. The van der Waals surface area contributed by atoms with Crippen LogP contribution in [0.25, 0.3) is 0 Å². The number of nitrogens with two attached hydrogens (primary N) is 1. The Bertz CT molecular complexity index is 778. The fourth-order valence-corrected chi connectivity index (χ4v) is 2.50. The average Bonchev–Trinajstić information content (AvgIpc) is 2.67. The van der Waals surface area contributed by atoms with Crippen LogP contribution in [0.3, 0.4) is 0 Å². The molecule has 2 aromatic rings. The van der Waals surface area contributed by atoms with Crippen molar-refractivity contribution in [2.45, 2.75) is 19.4 Å². The molecule has 2 amide bonds. The average molecular weight is 401 g/mol. The normalized spacial score (nSPS) is 11.5. The number of rotatable bonds is 12. The second kappa shape index (κ2) is 11.7. The van der Waals surface area contributed by atoms with E-state index in [1.54, 1.807) is 48.5 Å². The molecule has 0 aliphatic rings. The molecule has 2 aromatic carbocycles. The maximum absolute atomic E-state index is 11.0. The number of amides is 2. The molecule has 29 heavy (non-hydrogen) atoms. The smallest absolute Gasteiger partial charge is 0.221 e.